The lowest BCUT2D eigenvalue weighted by molar-refractivity contribution is 0.0730. The number of nitrogens with zero attached hydrogens (tertiary/aromatic N) is 2. The van der Waals surface area contributed by atoms with Crippen molar-refractivity contribution in [3.05, 3.63) is 36.4 Å². The molecule has 0 bridgehead atoms. The van der Waals surface area contributed by atoms with Crippen molar-refractivity contribution in [3.63, 3.8) is 0 Å². The second kappa shape index (κ2) is 8.20. The molecule has 2 aliphatic heterocycles. The van der Waals surface area contributed by atoms with Gasteiger partial charge in [-0.15, -0.1) is 6.58 Å². The number of amides is 1. The van der Waals surface area contributed by atoms with E-state index in [4.69, 9.17) is 4.74 Å². The molecule has 0 radical (unpaired) electrons. The molecule has 3 rings (SSSR count). The van der Waals surface area contributed by atoms with Gasteiger partial charge in [-0.25, -0.2) is 8.42 Å². The Morgan fingerprint density at radius 2 is 1.88 bits per heavy atom. The predicted octanol–water partition coefficient (Wildman–Crippen LogP) is 1.22. The highest BCUT2D eigenvalue weighted by Gasteiger charge is 2.28. The summed E-state index contributed by atoms with van der Waals surface area (Å²) in [5.41, 5.74) is 1.17. The van der Waals surface area contributed by atoms with Gasteiger partial charge in [-0.1, -0.05) is 6.08 Å². The molecule has 2 fully saturated rings. The number of anilines is 1. The number of morpholine rings is 1. The minimum atomic E-state index is -3.64. The van der Waals surface area contributed by atoms with Gasteiger partial charge < -0.3 is 15.0 Å². The van der Waals surface area contributed by atoms with Crippen LogP contribution in [0.25, 0.3) is 0 Å². The maximum absolute atomic E-state index is 12.9. The zero-order chi connectivity index (χ0) is 18.6. The van der Waals surface area contributed by atoms with Crippen LogP contribution < -0.4 is 10.2 Å². The first kappa shape index (κ1) is 18.9. The van der Waals surface area contributed by atoms with Crippen LogP contribution in [0.4, 0.5) is 5.69 Å². The molecular weight excluding hydrogens is 354 g/mol. The Bertz CT molecular complexity index is 767. The summed E-state index contributed by atoms with van der Waals surface area (Å²) in [7, 11) is -3.64. The first-order valence-electron chi connectivity index (χ1n) is 8.90. The van der Waals surface area contributed by atoms with Crippen molar-refractivity contribution in [1.82, 2.24) is 9.62 Å². The molecule has 2 saturated heterocycles. The van der Waals surface area contributed by atoms with Crippen LogP contribution in [0.15, 0.2) is 35.7 Å². The van der Waals surface area contributed by atoms with E-state index in [0.717, 1.165) is 31.6 Å². The summed E-state index contributed by atoms with van der Waals surface area (Å²) in [5, 5.41) is 2.76. The number of carbonyl (C=O) groups is 1. The topological polar surface area (TPSA) is 79.0 Å². The largest absolute Gasteiger partial charge is 0.379 e. The fourth-order valence-corrected chi connectivity index (χ4v) is 4.72. The van der Waals surface area contributed by atoms with Gasteiger partial charge in [-0.2, -0.15) is 4.31 Å². The third-order valence-electron chi connectivity index (χ3n) is 4.67. The smallest absolute Gasteiger partial charge is 0.253 e. The molecule has 7 nitrogen and oxygen atoms in total. The van der Waals surface area contributed by atoms with Crippen LogP contribution in [0.1, 0.15) is 23.2 Å². The molecule has 0 saturated carbocycles. The van der Waals surface area contributed by atoms with E-state index in [2.05, 4.69) is 16.8 Å². The van der Waals surface area contributed by atoms with Gasteiger partial charge in [0.1, 0.15) is 0 Å². The average molecular weight is 379 g/mol. The molecular formula is C18H25N3O4S. The molecule has 1 amide bonds. The zero-order valence-corrected chi connectivity index (χ0v) is 15.6. The molecule has 1 aromatic rings. The monoisotopic (exact) mass is 379 g/mol. The predicted molar refractivity (Wildman–Crippen MR) is 100.0 cm³/mol. The molecule has 26 heavy (non-hydrogen) atoms. The van der Waals surface area contributed by atoms with Gasteiger partial charge >= 0.3 is 0 Å². The highest BCUT2D eigenvalue weighted by atomic mass is 32.2. The van der Waals surface area contributed by atoms with Gasteiger partial charge in [0.15, 0.2) is 0 Å². The minimum Gasteiger partial charge on any atom is -0.379 e. The fourth-order valence-electron chi connectivity index (χ4n) is 3.29. The number of ether oxygens (including phenoxy) is 1. The van der Waals surface area contributed by atoms with E-state index in [1.807, 2.05) is 0 Å². The van der Waals surface area contributed by atoms with E-state index >= 15 is 0 Å². The van der Waals surface area contributed by atoms with E-state index in [-0.39, 0.29) is 10.8 Å². The molecule has 1 N–H and O–H groups in total. The summed E-state index contributed by atoms with van der Waals surface area (Å²) < 4.78 is 32.5. The van der Waals surface area contributed by atoms with E-state index in [1.165, 1.54) is 10.4 Å². The van der Waals surface area contributed by atoms with Crippen molar-refractivity contribution >= 4 is 21.6 Å². The highest BCUT2D eigenvalue weighted by molar-refractivity contribution is 7.89. The van der Waals surface area contributed by atoms with Crippen molar-refractivity contribution in [2.24, 2.45) is 0 Å². The summed E-state index contributed by atoms with van der Waals surface area (Å²) in [6.07, 6.45) is 3.74. The van der Waals surface area contributed by atoms with Crippen molar-refractivity contribution in [2.45, 2.75) is 17.7 Å². The number of hydrogen-bond donors (Lipinski definition) is 1. The van der Waals surface area contributed by atoms with E-state index in [0.29, 0.717) is 38.4 Å². The van der Waals surface area contributed by atoms with Crippen molar-refractivity contribution in [2.75, 3.05) is 50.8 Å². The molecule has 2 aliphatic rings. The van der Waals surface area contributed by atoms with Crippen molar-refractivity contribution < 1.29 is 17.9 Å². The number of sulfonamides is 1. The van der Waals surface area contributed by atoms with Crippen LogP contribution in [0.3, 0.4) is 0 Å². The lowest BCUT2D eigenvalue weighted by Gasteiger charge is -2.27. The molecule has 0 unspecified atom stereocenters. The van der Waals surface area contributed by atoms with E-state index in [9.17, 15) is 13.2 Å². The molecule has 0 atom stereocenters. The Hall–Kier alpha value is -1.90. The van der Waals surface area contributed by atoms with Crippen LogP contribution in [0.5, 0.6) is 0 Å². The third kappa shape index (κ3) is 3.92. The minimum absolute atomic E-state index is 0.145. The van der Waals surface area contributed by atoms with E-state index in [1.54, 1.807) is 18.2 Å². The van der Waals surface area contributed by atoms with Gasteiger partial charge in [-0.05, 0) is 31.0 Å². The molecule has 142 valence electrons. The Morgan fingerprint density at radius 1 is 1.19 bits per heavy atom. The maximum Gasteiger partial charge on any atom is 0.253 e. The Morgan fingerprint density at radius 3 is 2.54 bits per heavy atom. The van der Waals surface area contributed by atoms with Crippen molar-refractivity contribution in [3.8, 4) is 0 Å². The molecule has 8 heteroatoms. The Labute approximate surface area is 154 Å². The van der Waals surface area contributed by atoms with Gasteiger partial charge in [0.05, 0.1) is 23.7 Å². The molecule has 0 aliphatic carbocycles. The molecule has 1 aromatic carbocycles. The van der Waals surface area contributed by atoms with Gasteiger partial charge in [0, 0.05) is 38.4 Å². The zero-order valence-electron chi connectivity index (χ0n) is 14.8. The first-order chi connectivity index (χ1) is 12.5. The SMILES string of the molecule is C=CCNC(=O)c1cc(S(=O)(=O)N2CCOCC2)ccc1N1CCCC1. The number of hydrogen-bond acceptors (Lipinski definition) is 5. The quantitative estimate of drug-likeness (QED) is 0.752. The average Bonchev–Trinajstić information content (AvgIpc) is 3.21. The van der Waals surface area contributed by atoms with Gasteiger partial charge in [-0.3, -0.25) is 4.79 Å². The standard InChI is InChI=1S/C18H25N3O4S/c1-2-7-19-18(22)16-14-15(5-6-17(16)20-8-3-4-9-20)26(23,24)21-10-12-25-13-11-21/h2,5-6,14H,1,3-4,7-13H2,(H,19,22). The lowest BCUT2D eigenvalue weighted by atomic mass is 10.1. The third-order valence-corrected chi connectivity index (χ3v) is 6.57. The van der Waals surface area contributed by atoms with Crippen molar-refractivity contribution in [1.29, 1.82) is 0 Å². The fraction of sp³-hybridized carbons (Fsp3) is 0.500. The number of benzene rings is 1. The molecule has 2 heterocycles. The molecule has 0 spiro atoms. The van der Waals surface area contributed by atoms with E-state index < -0.39 is 10.0 Å². The number of rotatable bonds is 6. The number of carbonyl (C=O) groups excluding carboxylic acids is 1. The lowest BCUT2D eigenvalue weighted by Crippen LogP contribution is -2.40. The molecule has 0 aromatic heterocycles. The summed E-state index contributed by atoms with van der Waals surface area (Å²) >= 11 is 0. The first-order valence-corrected chi connectivity index (χ1v) is 10.3. The van der Waals surface area contributed by atoms with Crippen LogP contribution in [0, 0.1) is 0 Å². The number of nitrogens with one attached hydrogen (secondary N) is 1. The summed E-state index contributed by atoms with van der Waals surface area (Å²) in [5.74, 6) is -0.286. The summed E-state index contributed by atoms with van der Waals surface area (Å²) in [4.78, 5) is 14.9. The Kier molecular flexibility index (Phi) is 5.95. The highest BCUT2D eigenvalue weighted by Crippen LogP contribution is 2.28. The van der Waals surface area contributed by atoms with Gasteiger partial charge in [0.25, 0.3) is 5.91 Å². The van der Waals surface area contributed by atoms with Crippen LogP contribution in [-0.2, 0) is 14.8 Å². The summed E-state index contributed by atoms with van der Waals surface area (Å²) in [6, 6.07) is 4.85. The Balaban J connectivity index is 1.96. The van der Waals surface area contributed by atoms with Crippen LogP contribution >= 0.6 is 0 Å². The normalized spacial score (nSPS) is 18.7. The van der Waals surface area contributed by atoms with Gasteiger partial charge in [0.2, 0.25) is 10.0 Å². The second-order valence-electron chi connectivity index (χ2n) is 6.39. The van der Waals surface area contributed by atoms with Crippen LogP contribution in [0.2, 0.25) is 0 Å². The second-order valence-corrected chi connectivity index (χ2v) is 8.33. The maximum atomic E-state index is 12.9. The van der Waals surface area contributed by atoms with Crippen LogP contribution in [-0.4, -0.2) is 64.6 Å². The summed E-state index contributed by atoms with van der Waals surface area (Å²) in [6.45, 7) is 7.11.